The van der Waals surface area contributed by atoms with Crippen LogP contribution in [0.5, 0.6) is 0 Å². The van der Waals surface area contributed by atoms with Gasteiger partial charge in [-0.05, 0) is 30.2 Å². The molecule has 0 spiro atoms. The van der Waals surface area contributed by atoms with Gasteiger partial charge in [0.05, 0.1) is 0 Å². The van der Waals surface area contributed by atoms with Crippen LogP contribution in [-0.2, 0) is 0 Å². The summed E-state index contributed by atoms with van der Waals surface area (Å²) in [5, 5.41) is 7.04. The monoisotopic (exact) mass is 197 g/mol. The zero-order chi connectivity index (χ0) is 7.56. The lowest BCUT2D eigenvalue weighted by atomic mass is 10.1. The number of hydrogen-bond donors (Lipinski definition) is 1. The molecule has 0 aliphatic heterocycles. The van der Waals surface area contributed by atoms with Gasteiger partial charge in [0.2, 0.25) is 0 Å². The zero-order valence-corrected chi connectivity index (χ0v) is 7.27. The molecule has 0 heterocycles. The predicted octanol–water partition coefficient (Wildman–Crippen LogP) is 2.76. The van der Waals surface area contributed by atoms with Crippen LogP contribution in [-0.4, -0.2) is 6.21 Å². The van der Waals surface area contributed by atoms with Crippen LogP contribution in [0.15, 0.2) is 22.7 Å². The summed E-state index contributed by atoms with van der Waals surface area (Å²) in [6.07, 6.45) is 1.36. The minimum absolute atomic E-state index is 0.967. The third kappa shape index (κ3) is 1.45. The van der Waals surface area contributed by atoms with Crippen molar-refractivity contribution in [3.05, 3.63) is 33.8 Å². The smallest absolute Gasteiger partial charge is 0.0253 e. The van der Waals surface area contributed by atoms with E-state index >= 15 is 0 Å². The van der Waals surface area contributed by atoms with Crippen molar-refractivity contribution in [1.29, 1.82) is 5.41 Å². The van der Waals surface area contributed by atoms with Crippen molar-refractivity contribution in [2.45, 2.75) is 6.92 Å². The molecule has 1 aromatic carbocycles. The molecule has 0 fully saturated rings. The van der Waals surface area contributed by atoms with Crippen LogP contribution >= 0.6 is 15.9 Å². The first-order valence-corrected chi connectivity index (χ1v) is 3.80. The molecule has 0 radical (unpaired) electrons. The molecule has 1 aromatic rings. The van der Waals surface area contributed by atoms with Crippen LogP contribution in [0.3, 0.4) is 0 Å². The van der Waals surface area contributed by atoms with Crippen molar-refractivity contribution >= 4 is 22.1 Å². The van der Waals surface area contributed by atoms with Crippen molar-refractivity contribution in [2.75, 3.05) is 0 Å². The molecule has 0 aromatic heterocycles. The molecule has 2 heteroatoms. The third-order valence-corrected chi connectivity index (χ3v) is 1.89. The lowest BCUT2D eigenvalue weighted by Crippen LogP contribution is -1.84. The Morgan fingerprint density at radius 3 is 2.70 bits per heavy atom. The Kier molecular flexibility index (Phi) is 2.22. The van der Waals surface area contributed by atoms with Crippen LogP contribution in [0.2, 0.25) is 0 Å². The minimum atomic E-state index is 0.967. The fourth-order valence-corrected chi connectivity index (χ4v) is 1.15. The molecule has 0 saturated heterocycles. The maximum Gasteiger partial charge on any atom is 0.0253 e. The van der Waals surface area contributed by atoms with E-state index in [0.29, 0.717) is 0 Å². The van der Waals surface area contributed by atoms with E-state index < -0.39 is 0 Å². The Bertz CT molecular complexity index is 255. The highest BCUT2D eigenvalue weighted by Gasteiger charge is 1.93. The number of nitrogens with one attached hydrogen (secondary N) is 1. The second-order valence-corrected chi connectivity index (χ2v) is 3.06. The van der Waals surface area contributed by atoms with Gasteiger partial charge in [-0.1, -0.05) is 22.0 Å². The van der Waals surface area contributed by atoms with Crippen LogP contribution in [0.25, 0.3) is 0 Å². The summed E-state index contributed by atoms with van der Waals surface area (Å²) in [6.45, 7) is 1.99. The van der Waals surface area contributed by atoms with E-state index in [4.69, 9.17) is 5.41 Å². The lowest BCUT2D eigenvalue weighted by molar-refractivity contribution is 1.42. The predicted molar refractivity (Wildman–Crippen MR) is 46.8 cm³/mol. The molecule has 0 bridgehead atoms. The largest absolute Gasteiger partial charge is 0.308 e. The van der Waals surface area contributed by atoms with Crippen molar-refractivity contribution in [1.82, 2.24) is 0 Å². The third-order valence-electron chi connectivity index (χ3n) is 1.40. The Morgan fingerprint density at radius 1 is 1.50 bits per heavy atom. The summed E-state index contributed by atoms with van der Waals surface area (Å²) in [6, 6.07) is 5.90. The van der Waals surface area contributed by atoms with Gasteiger partial charge in [0, 0.05) is 10.7 Å². The first-order chi connectivity index (χ1) is 4.74. The van der Waals surface area contributed by atoms with Crippen molar-refractivity contribution in [3.8, 4) is 0 Å². The summed E-state index contributed by atoms with van der Waals surface area (Å²) in [5.74, 6) is 0. The molecule has 0 aliphatic rings. The van der Waals surface area contributed by atoms with E-state index in [1.54, 1.807) is 0 Å². The molecule has 1 rings (SSSR count). The van der Waals surface area contributed by atoms with E-state index in [2.05, 4.69) is 15.9 Å². The maximum absolute atomic E-state index is 7.04. The first-order valence-electron chi connectivity index (χ1n) is 3.00. The first kappa shape index (κ1) is 7.48. The van der Waals surface area contributed by atoms with Gasteiger partial charge >= 0.3 is 0 Å². The van der Waals surface area contributed by atoms with Gasteiger partial charge in [-0.25, -0.2) is 0 Å². The molecular weight excluding hydrogens is 190 g/mol. The standard InChI is InChI=1S/C8H8BrN/c1-6-2-3-8(9)4-7(6)5-10/h2-5,10H,1H3. The van der Waals surface area contributed by atoms with E-state index in [1.807, 2.05) is 25.1 Å². The van der Waals surface area contributed by atoms with Crippen molar-refractivity contribution in [2.24, 2.45) is 0 Å². The molecular formula is C8H8BrN. The second kappa shape index (κ2) is 2.97. The Morgan fingerprint density at radius 2 is 2.20 bits per heavy atom. The molecule has 0 amide bonds. The molecule has 0 aliphatic carbocycles. The SMILES string of the molecule is Cc1ccc(Br)cc1C=N. The van der Waals surface area contributed by atoms with E-state index in [1.165, 1.54) is 6.21 Å². The summed E-state index contributed by atoms with van der Waals surface area (Å²) >= 11 is 3.33. The van der Waals surface area contributed by atoms with E-state index in [9.17, 15) is 0 Å². The number of benzene rings is 1. The van der Waals surface area contributed by atoms with Gasteiger partial charge in [0.15, 0.2) is 0 Å². The molecule has 1 N–H and O–H groups in total. The highest BCUT2D eigenvalue weighted by atomic mass is 79.9. The van der Waals surface area contributed by atoms with Crippen molar-refractivity contribution in [3.63, 3.8) is 0 Å². The van der Waals surface area contributed by atoms with Gasteiger partial charge in [-0.15, -0.1) is 0 Å². The fraction of sp³-hybridized carbons (Fsp3) is 0.125. The zero-order valence-electron chi connectivity index (χ0n) is 5.69. The maximum atomic E-state index is 7.04. The quantitative estimate of drug-likeness (QED) is 0.671. The van der Waals surface area contributed by atoms with Crippen LogP contribution in [0.4, 0.5) is 0 Å². The van der Waals surface area contributed by atoms with E-state index in [0.717, 1.165) is 15.6 Å². The van der Waals surface area contributed by atoms with Crippen LogP contribution in [0.1, 0.15) is 11.1 Å². The molecule has 52 valence electrons. The summed E-state index contributed by atoms with van der Waals surface area (Å²) in [4.78, 5) is 0. The van der Waals surface area contributed by atoms with Gasteiger partial charge in [-0.2, -0.15) is 0 Å². The number of hydrogen-bond acceptors (Lipinski definition) is 1. The molecule has 1 nitrogen and oxygen atoms in total. The molecule has 10 heavy (non-hydrogen) atoms. The molecule has 0 unspecified atom stereocenters. The Labute approximate surface area is 68.7 Å². The van der Waals surface area contributed by atoms with Gasteiger partial charge in [0.25, 0.3) is 0 Å². The number of halogens is 1. The van der Waals surface area contributed by atoms with Gasteiger partial charge < -0.3 is 5.41 Å². The molecule has 0 saturated carbocycles. The van der Waals surface area contributed by atoms with Crippen LogP contribution < -0.4 is 0 Å². The second-order valence-electron chi connectivity index (χ2n) is 2.15. The van der Waals surface area contributed by atoms with Crippen LogP contribution in [0, 0.1) is 12.3 Å². The minimum Gasteiger partial charge on any atom is -0.308 e. The average Bonchev–Trinajstić information content (AvgIpc) is 1.94. The summed E-state index contributed by atoms with van der Waals surface area (Å²) in [7, 11) is 0. The van der Waals surface area contributed by atoms with Gasteiger partial charge in [0.1, 0.15) is 0 Å². The summed E-state index contributed by atoms with van der Waals surface area (Å²) in [5.41, 5.74) is 2.10. The van der Waals surface area contributed by atoms with E-state index in [-0.39, 0.29) is 0 Å². The Balaban J connectivity index is 3.21. The average molecular weight is 198 g/mol. The highest BCUT2D eigenvalue weighted by molar-refractivity contribution is 9.10. The summed E-state index contributed by atoms with van der Waals surface area (Å²) < 4.78 is 1.02. The molecule has 0 atom stereocenters. The normalized spacial score (nSPS) is 9.40. The Hall–Kier alpha value is -0.630. The highest BCUT2D eigenvalue weighted by Crippen LogP contribution is 2.13. The van der Waals surface area contributed by atoms with Gasteiger partial charge in [-0.3, -0.25) is 0 Å². The number of rotatable bonds is 1. The lowest BCUT2D eigenvalue weighted by Gasteiger charge is -1.97. The fourth-order valence-electron chi connectivity index (χ4n) is 0.767. The number of aryl methyl sites for hydroxylation is 1. The topological polar surface area (TPSA) is 23.9 Å². The van der Waals surface area contributed by atoms with Crippen molar-refractivity contribution < 1.29 is 0 Å².